The van der Waals surface area contributed by atoms with Crippen LogP contribution in [0, 0.1) is 5.82 Å². The van der Waals surface area contributed by atoms with Gasteiger partial charge in [0.25, 0.3) is 5.91 Å². The lowest BCUT2D eigenvalue weighted by molar-refractivity contribution is -0.113. The van der Waals surface area contributed by atoms with E-state index in [4.69, 9.17) is 4.74 Å². The number of nitrogens with one attached hydrogen (secondary N) is 1. The van der Waals surface area contributed by atoms with Gasteiger partial charge in [-0.05, 0) is 41.3 Å². The van der Waals surface area contributed by atoms with E-state index in [-0.39, 0.29) is 23.3 Å². The zero-order valence-electron chi connectivity index (χ0n) is 18.5. The van der Waals surface area contributed by atoms with Gasteiger partial charge in [-0.15, -0.1) is 0 Å². The predicted molar refractivity (Wildman–Crippen MR) is 127 cm³/mol. The molecule has 2 atom stereocenters. The molecule has 5 rings (SSSR count). The van der Waals surface area contributed by atoms with Crippen LogP contribution in [-0.2, 0) is 16.1 Å². The minimum Gasteiger partial charge on any atom is -0.389 e. The summed E-state index contributed by atoms with van der Waals surface area (Å²) < 4.78 is 21.9. The fraction of sp³-hybridized carbons (Fsp3) is 0.259. The number of hydrogen-bond donors (Lipinski definition) is 2. The van der Waals surface area contributed by atoms with Gasteiger partial charge in [-0.3, -0.25) is 9.59 Å². The van der Waals surface area contributed by atoms with Gasteiger partial charge in [0.1, 0.15) is 5.82 Å². The van der Waals surface area contributed by atoms with Gasteiger partial charge in [-0.2, -0.15) is 0 Å². The molecule has 2 heterocycles. The van der Waals surface area contributed by atoms with E-state index in [1.54, 1.807) is 30.5 Å². The summed E-state index contributed by atoms with van der Waals surface area (Å²) in [7, 11) is 0. The second-order valence-electron chi connectivity index (χ2n) is 8.71. The average Bonchev–Trinajstić information content (AvgIpc) is 3.21. The van der Waals surface area contributed by atoms with E-state index in [2.05, 4.69) is 5.32 Å². The number of ether oxygens (including phenoxy) is 1. The smallest absolute Gasteiger partial charge is 0.253 e. The van der Waals surface area contributed by atoms with Gasteiger partial charge in [0, 0.05) is 31.2 Å². The molecule has 0 saturated carbocycles. The highest BCUT2D eigenvalue weighted by molar-refractivity contribution is 6.07. The first-order chi connectivity index (χ1) is 16.5. The number of allylic oxidation sites excluding steroid dienone is 4. The normalized spacial score (nSPS) is 20.4. The number of benzene rings is 2. The van der Waals surface area contributed by atoms with Gasteiger partial charge in [0.2, 0.25) is 0 Å². The van der Waals surface area contributed by atoms with Crippen molar-refractivity contribution in [2.24, 2.45) is 0 Å². The molecule has 0 radical (unpaired) electrons. The maximum absolute atomic E-state index is 14.8. The van der Waals surface area contributed by atoms with Crippen LogP contribution < -0.4 is 5.32 Å². The number of carbonyl (C=O) groups is 2. The van der Waals surface area contributed by atoms with E-state index >= 15 is 0 Å². The van der Waals surface area contributed by atoms with Crippen molar-refractivity contribution in [2.75, 3.05) is 13.2 Å². The third kappa shape index (κ3) is 4.44. The Balaban J connectivity index is 1.41. The Kier molecular flexibility index (Phi) is 6.13. The minimum absolute atomic E-state index is 0.0847. The van der Waals surface area contributed by atoms with E-state index in [0.717, 1.165) is 16.7 Å². The molecule has 2 N–H and O–H groups in total. The van der Waals surface area contributed by atoms with E-state index in [1.165, 1.54) is 6.07 Å². The molecule has 2 aromatic carbocycles. The number of fused-ring (bicyclic) bond motifs is 1. The highest BCUT2D eigenvalue weighted by Gasteiger charge is 2.27. The van der Waals surface area contributed by atoms with Crippen LogP contribution >= 0.6 is 0 Å². The first kappa shape index (κ1) is 22.3. The molecule has 0 spiro atoms. The first-order valence-electron chi connectivity index (χ1n) is 11.3. The van der Waals surface area contributed by atoms with Gasteiger partial charge in [-0.1, -0.05) is 42.5 Å². The Morgan fingerprint density at radius 3 is 2.79 bits per heavy atom. The van der Waals surface area contributed by atoms with Crippen LogP contribution in [0.1, 0.15) is 34.3 Å². The highest BCUT2D eigenvalue weighted by Crippen LogP contribution is 2.27. The lowest BCUT2D eigenvalue weighted by Gasteiger charge is -2.28. The van der Waals surface area contributed by atoms with E-state index in [9.17, 15) is 19.1 Å². The number of aromatic nitrogens is 1. The summed E-state index contributed by atoms with van der Waals surface area (Å²) in [4.78, 5) is 24.7. The summed E-state index contributed by atoms with van der Waals surface area (Å²) >= 11 is 0. The highest BCUT2D eigenvalue weighted by atomic mass is 19.1. The molecule has 1 amide bonds. The van der Waals surface area contributed by atoms with Crippen molar-refractivity contribution in [3.8, 4) is 0 Å². The molecule has 1 aromatic heterocycles. The molecule has 1 saturated heterocycles. The molecule has 3 aromatic rings. The molecular weight excluding hydrogens is 435 g/mol. The standard InChI is InChI=1S/C27H25FN2O4/c28-22-5-2-6-24-26(22)21(27(33)29-23-11-12-34-16-25(23)32)15-30(24)14-17-7-9-18(10-8-17)19-3-1-4-20(31)13-19/h1-10,15,23,25,32H,11-14,16H2,(H,29,33)/t23-,25-/m0/s1. The van der Waals surface area contributed by atoms with E-state index in [1.807, 2.05) is 34.9 Å². The first-order valence-corrected chi connectivity index (χ1v) is 11.3. The van der Waals surface area contributed by atoms with Crippen LogP contribution in [0.25, 0.3) is 16.5 Å². The van der Waals surface area contributed by atoms with Gasteiger partial charge in [0.05, 0.1) is 29.8 Å². The molecule has 2 aliphatic rings. The van der Waals surface area contributed by atoms with Crippen molar-refractivity contribution in [3.05, 3.63) is 89.4 Å². The van der Waals surface area contributed by atoms with Gasteiger partial charge in [0.15, 0.2) is 5.78 Å². The van der Waals surface area contributed by atoms with Crippen molar-refractivity contribution in [2.45, 2.75) is 31.5 Å². The van der Waals surface area contributed by atoms with E-state index < -0.39 is 23.9 Å². The van der Waals surface area contributed by atoms with Crippen molar-refractivity contribution < 1.29 is 23.8 Å². The molecule has 34 heavy (non-hydrogen) atoms. The van der Waals surface area contributed by atoms with Crippen LogP contribution in [0.15, 0.2) is 66.9 Å². The minimum atomic E-state index is -0.792. The topological polar surface area (TPSA) is 80.6 Å². The van der Waals surface area contributed by atoms with Crippen molar-refractivity contribution in [1.82, 2.24) is 9.88 Å². The molecule has 174 valence electrons. The Labute approximate surface area is 196 Å². The maximum atomic E-state index is 14.8. The van der Waals surface area contributed by atoms with Gasteiger partial charge in [-0.25, -0.2) is 4.39 Å². The number of ketones is 1. The fourth-order valence-electron chi connectivity index (χ4n) is 4.55. The van der Waals surface area contributed by atoms with Crippen LogP contribution in [-0.4, -0.2) is 46.7 Å². The SMILES string of the molecule is O=C1C=CC=C(c2ccc(Cn3cc(C(=O)N[C@H]4CCOC[C@@H]4O)c4c(F)cccc43)cc2)C1. The van der Waals surface area contributed by atoms with Crippen LogP contribution in [0.2, 0.25) is 0 Å². The number of rotatable bonds is 5. The number of carbonyl (C=O) groups excluding carboxylic acids is 2. The molecule has 0 bridgehead atoms. The summed E-state index contributed by atoms with van der Waals surface area (Å²) in [6, 6.07) is 12.2. The fourth-order valence-corrected chi connectivity index (χ4v) is 4.55. The molecule has 7 heteroatoms. The molecular formula is C27H25FN2O4. The van der Waals surface area contributed by atoms with Crippen molar-refractivity contribution >= 4 is 28.2 Å². The Bertz CT molecular complexity index is 1310. The predicted octanol–water partition coefficient (Wildman–Crippen LogP) is 3.62. The summed E-state index contributed by atoms with van der Waals surface area (Å²) in [5.74, 6) is -0.801. The average molecular weight is 461 g/mol. The summed E-state index contributed by atoms with van der Waals surface area (Å²) in [6.45, 7) is 1.07. The molecule has 1 aliphatic heterocycles. The van der Waals surface area contributed by atoms with Gasteiger partial charge >= 0.3 is 0 Å². The van der Waals surface area contributed by atoms with Crippen LogP contribution in [0.4, 0.5) is 4.39 Å². The lowest BCUT2D eigenvalue weighted by Crippen LogP contribution is -2.48. The van der Waals surface area contributed by atoms with Crippen molar-refractivity contribution in [1.29, 1.82) is 0 Å². The number of nitrogens with zero attached hydrogens (tertiary/aromatic N) is 1. The summed E-state index contributed by atoms with van der Waals surface area (Å²) in [6.07, 6.45) is 7.04. The molecule has 1 fully saturated rings. The summed E-state index contributed by atoms with van der Waals surface area (Å²) in [5.41, 5.74) is 3.80. The zero-order chi connectivity index (χ0) is 23.7. The zero-order valence-corrected chi connectivity index (χ0v) is 18.5. The van der Waals surface area contributed by atoms with Gasteiger partial charge < -0.3 is 19.7 Å². The van der Waals surface area contributed by atoms with E-state index in [0.29, 0.717) is 31.5 Å². The number of hydrogen-bond acceptors (Lipinski definition) is 4. The third-order valence-corrected chi connectivity index (χ3v) is 6.36. The number of aliphatic hydroxyl groups is 1. The molecule has 1 aliphatic carbocycles. The largest absolute Gasteiger partial charge is 0.389 e. The van der Waals surface area contributed by atoms with Crippen LogP contribution in [0.5, 0.6) is 0 Å². The Morgan fingerprint density at radius 2 is 2.03 bits per heavy atom. The number of amides is 1. The van der Waals surface area contributed by atoms with Crippen molar-refractivity contribution in [3.63, 3.8) is 0 Å². The second kappa shape index (κ2) is 9.37. The second-order valence-corrected chi connectivity index (χ2v) is 8.71. The third-order valence-electron chi connectivity index (χ3n) is 6.36. The van der Waals surface area contributed by atoms with Crippen LogP contribution in [0.3, 0.4) is 0 Å². The Hall–Kier alpha value is -3.55. The number of aliphatic hydroxyl groups excluding tert-OH is 1. The molecule has 6 nitrogen and oxygen atoms in total. The maximum Gasteiger partial charge on any atom is 0.253 e. The Morgan fingerprint density at radius 1 is 1.21 bits per heavy atom. The quantitative estimate of drug-likeness (QED) is 0.610. The molecule has 0 unspecified atom stereocenters. The number of halogens is 1. The summed E-state index contributed by atoms with van der Waals surface area (Å²) in [5, 5.41) is 13.2. The lowest BCUT2D eigenvalue weighted by atomic mass is 9.96. The monoisotopic (exact) mass is 460 g/mol.